The molecule has 0 spiro atoms. The molecule has 0 atom stereocenters. The molecule has 3 rings (SSSR count). The minimum absolute atomic E-state index is 0.0747. The van der Waals surface area contributed by atoms with E-state index in [1.165, 1.54) is 12.1 Å². The van der Waals surface area contributed by atoms with Crippen molar-refractivity contribution in [3.63, 3.8) is 0 Å². The van der Waals surface area contributed by atoms with Gasteiger partial charge in [0.25, 0.3) is 5.91 Å². The second kappa shape index (κ2) is 8.35. The lowest BCUT2D eigenvalue weighted by atomic mass is 10.2. The SMILES string of the molecule is COCCCNC(=O)c1nc(Nc2ccc(F)cc2)c2ccccc2n1. The van der Waals surface area contributed by atoms with Crippen LogP contribution >= 0.6 is 0 Å². The van der Waals surface area contributed by atoms with Gasteiger partial charge in [-0.1, -0.05) is 12.1 Å². The van der Waals surface area contributed by atoms with Crippen LogP contribution < -0.4 is 10.6 Å². The van der Waals surface area contributed by atoms with E-state index in [9.17, 15) is 9.18 Å². The van der Waals surface area contributed by atoms with Gasteiger partial charge in [0.2, 0.25) is 5.82 Å². The molecule has 0 aliphatic rings. The number of halogens is 1. The van der Waals surface area contributed by atoms with Gasteiger partial charge in [0.05, 0.1) is 5.52 Å². The fourth-order valence-corrected chi connectivity index (χ4v) is 2.44. The summed E-state index contributed by atoms with van der Waals surface area (Å²) in [6.45, 7) is 1.04. The van der Waals surface area contributed by atoms with Crippen molar-refractivity contribution in [3.05, 3.63) is 60.2 Å². The zero-order valence-electron chi connectivity index (χ0n) is 14.3. The van der Waals surface area contributed by atoms with Gasteiger partial charge in [0, 0.05) is 31.3 Å². The van der Waals surface area contributed by atoms with E-state index < -0.39 is 0 Å². The molecular weight excluding hydrogens is 335 g/mol. The molecule has 1 aromatic heterocycles. The maximum Gasteiger partial charge on any atom is 0.289 e. The number of rotatable bonds is 7. The van der Waals surface area contributed by atoms with E-state index in [0.29, 0.717) is 36.6 Å². The summed E-state index contributed by atoms with van der Waals surface area (Å²) in [6, 6.07) is 13.3. The molecule has 26 heavy (non-hydrogen) atoms. The Labute approximate surface area is 150 Å². The molecule has 134 valence electrons. The molecule has 6 nitrogen and oxygen atoms in total. The number of ether oxygens (including phenoxy) is 1. The van der Waals surface area contributed by atoms with Gasteiger partial charge >= 0.3 is 0 Å². The maximum absolute atomic E-state index is 13.1. The Bertz CT molecular complexity index is 900. The average Bonchev–Trinajstić information content (AvgIpc) is 2.67. The zero-order valence-corrected chi connectivity index (χ0v) is 14.3. The molecular formula is C19H19FN4O2. The molecule has 0 unspecified atom stereocenters. The number of carbonyl (C=O) groups is 1. The first-order valence-electron chi connectivity index (χ1n) is 8.24. The molecule has 7 heteroatoms. The van der Waals surface area contributed by atoms with Crippen molar-refractivity contribution in [3.8, 4) is 0 Å². The van der Waals surface area contributed by atoms with Crippen molar-refractivity contribution >= 4 is 28.3 Å². The number of aromatic nitrogens is 2. The van der Waals surface area contributed by atoms with Gasteiger partial charge in [0.15, 0.2) is 0 Å². The van der Waals surface area contributed by atoms with E-state index in [2.05, 4.69) is 20.6 Å². The van der Waals surface area contributed by atoms with Crippen LogP contribution in [0.2, 0.25) is 0 Å². The van der Waals surface area contributed by atoms with Crippen LogP contribution in [0.1, 0.15) is 17.0 Å². The van der Waals surface area contributed by atoms with Crippen LogP contribution in [0.15, 0.2) is 48.5 Å². The molecule has 0 saturated carbocycles. The Morgan fingerprint density at radius 2 is 1.88 bits per heavy atom. The third-order valence-electron chi connectivity index (χ3n) is 3.72. The van der Waals surface area contributed by atoms with E-state index in [1.807, 2.05) is 24.3 Å². The Kier molecular flexibility index (Phi) is 5.70. The van der Waals surface area contributed by atoms with Crippen molar-refractivity contribution in [2.45, 2.75) is 6.42 Å². The number of anilines is 2. The molecule has 0 aliphatic carbocycles. The van der Waals surface area contributed by atoms with Crippen molar-refractivity contribution in [2.75, 3.05) is 25.6 Å². The monoisotopic (exact) mass is 354 g/mol. The summed E-state index contributed by atoms with van der Waals surface area (Å²) in [5.74, 6) is -0.108. The summed E-state index contributed by atoms with van der Waals surface area (Å²) >= 11 is 0. The largest absolute Gasteiger partial charge is 0.385 e. The summed E-state index contributed by atoms with van der Waals surface area (Å²) < 4.78 is 18.1. The Morgan fingerprint density at radius 3 is 2.65 bits per heavy atom. The zero-order chi connectivity index (χ0) is 18.4. The predicted octanol–water partition coefficient (Wildman–Crippen LogP) is 3.28. The number of nitrogens with one attached hydrogen (secondary N) is 2. The Balaban J connectivity index is 1.88. The number of carbonyl (C=O) groups excluding carboxylic acids is 1. The second-order valence-corrected chi connectivity index (χ2v) is 5.65. The number of hydrogen-bond donors (Lipinski definition) is 2. The predicted molar refractivity (Wildman–Crippen MR) is 98.0 cm³/mol. The third kappa shape index (κ3) is 4.31. The fourth-order valence-electron chi connectivity index (χ4n) is 2.44. The minimum Gasteiger partial charge on any atom is -0.385 e. The molecule has 0 saturated heterocycles. The van der Waals surface area contributed by atoms with Crippen LogP contribution in [0.5, 0.6) is 0 Å². The summed E-state index contributed by atoms with van der Waals surface area (Å²) in [5.41, 5.74) is 1.32. The van der Waals surface area contributed by atoms with E-state index >= 15 is 0 Å². The number of amides is 1. The lowest BCUT2D eigenvalue weighted by Gasteiger charge is -2.11. The van der Waals surface area contributed by atoms with Crippen LogP contribution in [0, 0.1) is 5.82 Å². The summed E-state index contributed by atoms with van der Waals surface area (Å²) in [4.78, 5) is 21.0. The first-order valence-corrected chi connectivity index (χ1v) is 8.24. The Morgan fingerprint density at radius 1 is 1.12 bits per heavy atom. The Hall–Kier alpha value is -3.06. The van der Waals surface area contributed by atoms with E-state index in [1.54, 1.807) is 19.2 Å². The van der Waals surface area contributed by atoms with E-state index in [4.69, 9.17) is 4.74 Å². The molecule has 0 bridgehead atoms. The first-order chi connectivity index (χ1) is 12.7. The number of methoxy groups -OCH3 is 1. The van der Waals surface area contributed by atoms with Crippen LogP contribution in [0.4, 0.5) is 15.9 Å². The first kappa shape index (κ1) is 17.8. The quantitative estimate of drug-likeness (QED) is 0.637. The molecule has 1 heterocycles. The fraction of sp³-hybridized carbons (Fsp3) is 0.211. The van der Waals surface area contributed by atoms with Gasteiger partial charge in [0.1, 0.15) is 11.6 Å². The van der Waals surface area contributed by atoms with Crippen molar-refractivity contribution in [1.29, 1.82) is 0 Å². The molecule has 0 fully saturated rings. The highest BCUT2D eigenvalue weighted by atomic mass is 19.1. The molecule has 0 aliphatic heterocycles. The molecule has 3 aromatic rings. The molecule has 2 aromatic carbocycles. The summed E-state index contributed by atoms with van der Waals surface area (Å²) in [6.07, 6.45) is 0.705. The van der Waals surface area contributed by atoms with E-state index in [-0.39, 0.29) is 17.5 Å². The van der Waals surface area contributed by atoms with Gasteiger partial charge in [-0.2, -0.15) is 0 Å². The third-order valence-corrected chi connectivity index (χ3v) is 3.72. The van der Waals surface area contributed by atoms with Crippen LogP contribution in [-0.4, -0.2) is 36.1 Å². The molecule has 1 amide bonds. The average molecular weight is 354 g/mol. The summed E-state index contributed by atoms with van der Waals surface area (Å²) in [7, 11) is 1.61. The highest BCUT2D eigenvalue weighted by molar-refractivity contribution is 5.97. The standard InChI is InChI=1S/C19H19FN4O2/c1-26-12-4-11-21-19(25)18-23-16-6-3-2-5-15(16)17(24-18)22-14-9-7-13(20)8-10-14/h2-3,5-10H,4,11-12H2,1H3,(H,21,25)(H,22,23,24). The topological polar surface area (TPSA) is 76.1 Å². The van der Waals surface area contributed by atoms with Crippen molar-refractivity contribution in [2.24, 2.45) is 0 Å². The van der Waals surface area contributed by atoms with Gasteiger partial charge < -0.3 is 15.4 Å². The lowest BCUT2D eigenvalue weighted by molar-refractivity contribution is 0.0938. The van der Waals surface area contributed by atoms with Crippen molar-refractivity contribution in [1.82, 2.24) is 15.3 Å². The van der Waals surface area contributed by atoms with Gasteiger partial charge in [-0.15, -0.1) is 0 Å². The second-order valence-electron chi connectivity index (χ2n) is 5.65. The number of fused-ring (bicyclic) bond motifs is 1. The van der Waals surface area contributed by atoms with Crippen LogP contribution in [0.3, 0.4) is 0 Å². The number of benzene rings is 2. The number of para-hydroxylation sites is 1. The maximum atomic E-state index is 13.1. The van der Waals surface area contributed by atoms with Crippen LogP contribution in [0.25, 0.3) is 10.9 Å². The van der Waals surface area contributed by atoms with E-state index in [0.717, 1.165) is 5.39 Å². The highest BCUT2D eigenvalue weighted by Crippen LogP contribution is 2.24. The van der Waals surface area contributed by atoms with Crippen molar-refractivity contribution < 1.29 is 13.9 Å². The van der Waals surface area contributed by atoms with Gasteiger partial charge in [-0.05, 0) is 42.8 Å². The number of nitrogens with zero attached hydrogens (tertiary/aromatic N) is 2. The highest BCUT2D eigenvalue weighted by Gasteiger charge is 2.14. The summed E-state index contributed by atoms with van der Waals surface area (Å²) in [5, 5.41) is 6.67. The lowest BCUT2D eigenvalue weighted by Crippen LogP contribution is -2.27. The normalized spacial score (nSPS) is 10.7. The molecule has 0 radical (unpaired) electrons. The van der Waals surface area contributed by atoms with Gasteiger partial charge in [-0.3, -0.25) is 4.79 Å². The number of hydrogen-bond acceptors (Lipinski definition) is 5. The smallest absolute Gasteiger partial charge is 0.289 e. The minimum atomic E-state index is -0.353. The van der Waals surface area contributed by atoms with Gasteiger partial charge in [-0.25, -0.2) is 14.4 Å². The van der Waals surface area contributed by atoms with Crippen LogP contribution in [-0.2, 0) is 4.74 Å². The molecule has 2 N–H and O–H groups in total.